The van der Waals surface area contributed by atoms with E-state index in [0.717, 1.165) is 17.1 Å². The molecule has 1 aliphatic heterocycles. The summed E-state index contributed by atoms with van der Waals surface area (Å²) < 4.78 is 26.8. The van der Waals surface area contributed by atoms with Crippen LogP contribution in [0, 0.1) is 0 Å². The highest BCUT2D eigenvalue weighted by atomic mass is 32.2. The number of nitrogens with one attached hydrogen (secondary N) is 1. The molecule has 2 aromatic heterocycles. The fraction of sp³-hybridized carbons (Fsp3) is 0.176. The van der Waals surface area contributed by atoms with E-state index in [4.69, 9.17) is 0 Å². The summed E-state index contributed by atoms with van der Waals surface area (Å²) in [6.07, 6.45) is 5.15. The lowest BCUT2D eigenvalue weighted by Gasteiger charge is -2.36. The first kappa shape index (κ1) is 15.0. The molecule has 0 atom stereocenters. The predicted molar refractivity (Wildman–Crippen MR) is 89.8 cm³/mol. The molecule has 7 heteroatoms. The molecule has 24 heavy (non-hydrogen) atoms. The van der Waals surface area contributed by atoms with Gasteiger partial charge in [0, 0.05) is 43.2 Å². The minimum atomic E-state index is -3.45. The maximum atomic E-state index is 12.7. The zero-order valence-electron chi connectivity index (χ0n) is 12.8. The second-order valence-corrected chi connectivity index (χ2v) is 7.67. The highest BCUT2D eigenvalue weighted by molar-refractivity contribution is 7.89. The van der Waals surface area contributed by atoms with Crippen LogP contribution in [0.2, 0.25) is 0 Å². The molecule has 1 N–H and O–H groups in total. The molecule has 0 bridgehead atoms. The standard InChI is InChI=1S/C17H16N4O2S/c22-24(23,21-11-14(12-21)17-19-9-10-20-17)15-6-4-13(5-7-15)16-3-1-2-8-18-16/h1-10,14H,11-12H2,(H,19,20). The van der Waals surface area contributed by atoms with Crippen LogP contribution >= 0.6 is 0 Å². The number of rotatable bonds is 4. The lowest BCUT2D eigenvalue weighted by molar-refractivity contribution is 0.257. The summed E-state index contributed by atoms with van der Waals surface area (Å²) in [6.45, 7) is 0.912. The van der Waals surface area contributed by atoms with Crippen LogP contribution in [0.25, 0.3) is 11.3 Å². The molecule has 4 rings (SSSR count). The molecule has 1 fully saturated rings. The summed E-state index contributed by atoms with van der Waals surface area (Å²) in [5.74, 6) is 0.981. The number of pyridine rings is 1. The van der Waals surface area contributed by atoms with Gasteiger partial charge in [-0.1, -0.05) is 18.2 Å². The van der Waals surface area contributed by atoms with Crippen LogP contribution in [-0.2, 0) is 10.0 Å². The number of aromatic nitrogens is 3. The first-order valence-corrected chi connectivity index (χ1v) is 9.09. The van der Waals surface area contributed by atoms with Crippen molar-refractivity contribution in [1.29, 1.82) is 0 Å². The van der Waals surface area contributed by atoms with Crippen molar-refractivity contribution in [2.45, 2.75) is 10.8 Å². The van der Waals surface area contributed by atoms with E-state index in [-0.39, 0.29) is 5.92 Å². The molecular formula is C17H16N4O2S. The van der Waals surface area contributed by atoms with Gasteiger partial charge in [-0.25, -0.2) is 13.4 Å². The molecule has 0 aliphatic carbocycles. The van der Waals surface area contributed by atoms with Gasteiger partial charge >= 0.3 is 0 Å². The monoisotopic (exact) mass is 340 g/mol. The molecule has 0 amide bonds. The number of sulfonamides is 1. The molecular weight excluding hydrogens is 324 g/mol. The van der Waals surface area contributed by atoms with Gasteiger partial charge in [0.2, 0.25) is 10.0 Å². The van der Waals surface area contributed by atoms with Gasteiger partial charge in [-0.2, -0.15) is 4.31 Å². The van der Waals surface area contributed by atoms with E-state index in [1.807, 2.05) is 18.2 Å². The van der Waals surface area contributed by atoms with Crippen molar-refractivity contribution in [2.75, 3.05) is 13.1 Å². The molecule has 0 radical (unpaired) electrons. The highest BCUT2D eigenvalue weighted by Crippen LogP contribution is 2.30. The molecule has 3 aromatic rings. The Labute approximate surface area is 140 Å². The van der Waals surface area contributed by atoms with Gasteiger partial charge < -0.3 is 4.98 Å². The second kappa shape index (κ2) is 5.85. The third kappa shape index (κ3) is 2.61. The van der Waals surface area contributed by atoms with Crippen molar-refractivity contribution < 1.29 is 8.42 Å². The Bertz CT molecular complexity index is 916. The van der Waals surface area contributed by atoms with Gasteiger partial charge in [-0.15, -0.1) is 0 Å². The SMILES string of the molecule is O=S(=O)(c1ccc(-c2ccccn2)cc1)N1CC(c2ncc[nH]2)C1. The fourth-order valence-electron chi connectivity index (χ4n) is 2.79. The van der Waals surface area contributed by atoms with Gasteiger partial charge in [-0.3, -0.25) is 4.98 Å². The molecule has 1 aromatic carbocycles. The minimum absolute atomic E-state index is 0.141. The van der Waals surface area contributed by atoms with Crippen molar-refractivity contribution in [3.63, 3.8) is 0 Å². The van der Waals surface area contributed by atoms with Crippen LogP contribution in [0.15, 0.2) is 66.0 Å². The average Bonchev–Trinajstić information content (AvgIpc) is 3.08. The minimum Gasteiger partial charge on any atom is -0.348 e. The van der Waals surface area contributed by atoms with Gasteiger partial charge in [0.05, 0.1) is 10.6 Å². The Morgan fingerprint density at radius 2 is 1.79 bits per heavy atom. The Morgan fingerprint density at radius 1 is 1.00 bits per heavy atom. The first-order valence-electron chi connectivity index (χ1n) is 7.65. The lowest BCUT2D eigenvalue weighted by Crippen LogP contribution is -2.48. The van der Waals surface area contributed by atoms with Crippen LogP contribution in [0.4, 0.5) is 0 Å². The van der Waals surface area contributed by atoms with Crippen molar-refractivity contribution in [2.24, 2.45) is 0 Å². The van der Waals surface area contributed by atoms with Crippen molar-refractivity contribution in [3.05, 3.63) is 66.9 Å². The van der Waals surface area contributed by atoms with Crippen molar-refractivity contribution in [1.82, 2.24) is 19.3 Å². The van der Waals surface area contributed by atoms with E-state index >= 15 is 0 Å². The summed E-state index contributed by atoms with van der Waals surface area (Å²) in [4.78, 5) is 11.8. The number of hydrogen-bond acceptors (Lipinski definition) is 4. The van der Waals surface area contributed by atoms with Crippen LogP contribution in [0.5, 0.6) is 0 Å². The summed E-state index contributed by atoms with van der Waals surface area (Å²) in [5, 5.41) is 0. The van der Waals surface area contributed by atoms with Gasteiger partial charge in [0.15, 0.2) is 0 Å². The molecule has 3 heterocycles. The van der Waals surface area contributed by atoms with E-state index < -0.39 is 10.0 Å². The molecule has 122 valence electrons. The van der Waals surface area contributed by atoms with E-state index in [1.54, 1.807) is 42.9 Å². The lowest BCUT2D eigenvalue weighted by atomic mass is 10.0. The van der Waals surface area contributed by atoms with Gasteiger partial charge in [0.1, 0.15) is 5.82 Å². The van der Waals surface area contributed by atoms with E-state index in [1.165, 1.54) is 4.31 Å². The Hall–Kier alpha value is -2.51. The zero-order valence-corrected chi connectivity index (χ0v) is 13.6. The van der Waals surface area contributed by atoms with Crippen LogP contribution in [0.1, 0.15) is 11.7 Å². The molecule has 6 nitrogen and oxygen atoms in total. The quantitative estimate of drug-likeness (QED) is 0.790. The summed E-state index contributed by atoms with van der Waals surface area (Å²) in [6, 6.07) is 12.5. The maximum absolute atomic E-state index is 12.7. The number of imidazole rings is 1. The van der Waals surface area contributed by atoms with Crippen LogP contribution < -0.4 is 0 Å². The topological polar surface area (TPSA) is 79.0 Å². The number of H-pyrrole nitrogens is 1. The molecule has 0 unspecified atom stereocenters. The molecule has 1 aliphatic rings. The van der Waals surface area contributed by atoms with E-state index in [2.05, 4.69) is 15.0 Å². The normalized spacial score (nSPS) is 16.0. The Morgan fingerprint density at radius 3 is 2.42 bits per heavy atom. The molecule has 0 spiro atoms. The first-order chi connectivity index (χ1) is 11.6. The summed E-state index contributed by atoms with van der Waals surface area (Å²) >= 11 is 0. The third-order valence-corrected chi connectivity index (χ3v) is 6.05. The van der Waals surface area contributed by atoms with Crippen molar-refractivity contribution >= 4 is 10.0 Å². The largest absolute Gasteiger partial charge is 0.348 e. The highest BCUT2D eigenvalue weighted by Gasteiger charge is 2.38. The Kier molecular flexibility index (Phi) is 3.66. The van der Waals surface area contributed by atoms with Crippen LogP contribution in [0.3, 0.4) is 0 Å². The molecule has 1 saturated heterocycles. The number of aromatic amines is 1. The van der Waals surface area contributed by atoms with E-state index in [9.17, 15) is 8.42 Å². The van der Waals surface area contributed by atoms with Crippen molar-refractivity contribution in [3.8, 4) is 11.3 Å². The molecule has 0 saturated carbocycles. The smallest absolute Gasteiger partial charge is 0.243 e. The zero-order chi connectivity index (χ0) is 16.6. The summed E-state index contributed by atoms with van der Waals surface area (Å²) in [7, 11) is -3.45. The fourth-order valence-corrected chi connectivity index (χ4v) is 4.32. The third-order valence-electron chi connectivity index (χ3n) is 4.21. The van der Waals surface area contributed by atoms with Crippen LogP contribution in [-0.4, -0.2) is 40.8 Å². The number of hydrogen-bond donors (Lipinski definition) is 1. The van der Waals surface area contributed by atoms with Gasteiger partial charge in [-0.05, 0) is 24.3 Å². The van der Waals surface area contributed by atoms with Gasteiger partial charge in [0.25, 0.3) is 0 Å². The summed E-state index contributed by atoms with van der Waals surface area (Å²) in [5.41, 5.74) is 1.72. The predicted octanol–water partition coefficient (Wildman–Crippen LogP) is 2.26. The van der Waals surface area contributed by atoms with E-state index in [0.29, 0.717) is 18.0 Å². The average molecular weight is 340 g/mol. The number of nitrogens with zero attached hydrogens (tertiary/aromatic N) is 3. The second-order valence-electron chi connectivity index (χ2n) is 5.73. The maximum Gasteiger partial charge on any atom is 0.243 e. The Balaban J connectivity index is 1.51. The number of benzene rings is 1.